The molecule has 0 unspecified atom stereocenters. The van der Waals surface area contributed by atoms with Crippen molar-refractivity contribution in [3.05, 3.63) is 48.0 Å². The van der Waals surface area contributed by atoms with Gasteiger partial charge in [0.15, 0.2) is 24.4 Å². The average Bonchev–Trinajstić information content (AvgIpc) is 3.01. The van der Waals surface area contributed by atoms with Crippen molar-refractivity contribution in [2.75, 3.05) is 18.7 Å². The Bertz CT molecular complexity index is 713. The second-order valence-corrected chi connectivity index (χ2v) is 4.56. The molecule has 6 heteroatoms. The SMILES string of the molecule is O=Cc1ccccc1OCC(=O)Nc1ccc2c(c1)OCO2. The molecule has 6 nitrogen and oxygen atoms in total. The van der Waals surface area contributed by atoms with Crippen LogP contribution in [0.1, 0.15) is 10.4 Å². The average molecular weight is 299 g/mol. The van der Waals surface area contributed by atoms with Crippen LogP contribution < -0.4 is 19.5 Å². The van der Waals surface area contributed by atoms with E-state index in [4.69, 9.17) is 14.2 Å². The molecule has 0 spiro atoms. The molecule has 3 rings (SSSR count). The molecular weight excluding hydrogens is 286 g/mol. The number of para-hydroxylation sites is 1. The molecular formula is C16H13NO5. The van der Waals surface area contributed by atoms with E-state index in [0.29, 0.717) is 34.8 Å². The number of fused-ring (bicyclic) bond motifs is 1. The summed E-state index contributed by atoms with van der Waals surface area (Å²) in [4.78, 5) is 22.8. The Morgan fingerprint density at radius 3 is 2.86 bits per heavy atom. The normalized spacial score (nSPS) is 11.8. The van der Waals surface area contributed by atoms with Crippen LogP contribution in [0.2, 0.25) is 0 Å². The zero-order valence-corrected chi connectivity index (χ0v) is 11.6. The van der Waals surface area contributed by atoms with E-state index in [1.165, 1.54) is 0 Å². The zero-order chi connectivity index (χ0) is 15.4. The predicted octanol–water partition coefficient (Wildman–Crippen LogP) is 2.25. The van der Waals surface area contributed by atoms with Crippen molar-refractivity contribution in [2.24, 2.45) is 0 Å². The molecule has 0 aromatic heterocycles. The van der Waals surface area contributed by atoms with Crippen LogP contribution in [0.15, 0.2) is 42.5 Å². The summed E-state index contributed by atoms with van der Waals surface area (Å²) in [6.07, 6.45) is 0.686. The van der Waals surface area contributed by atoms with Gasteiger partial charge in [-0.3, -0.25) is 9.59 Å². The second-order valence-electron chi connectivity index (χ2n) is 4.56. The first kappa shape index (κ1) is 13.9. The first-order chi connectivity index (χ1) is 10.8. The Kier molecular flexibility index (Phi) is 3.91. The number of benzene rings is 2. The Hall–Kier alpha value is -3.02. The van der Waals surface area contributed by atoms with Crippen molar-refractivity contribution >= 4 is 17.9 Å². The summed E-state index contributed by atoms with van der Waals surface area (Å²) in [6.45, 7) is -0.0163. The highest BCUT2D eigenvalue weighted by molar-refractivity contribution is 5.92. The molecule has 0 saturated carbocycles. The maximum Gasteiger partial charge on any atom is 0.262 e. The Morgan fingerprint density at radius 2 is 2.00 bits per heavy atom. The fourth-order valence-electron chi connectivity index (χ4n) is 2.02. The van der Waals surface area contributed by atoms with Crippen LogP contribution in [0.3, 0.4) is 0 Å². The van der Waals surface area contributed by atoms with Crippen LogP contribution in [-0.4, -0.2) is 25.6 Å². The van der Waals surface area contributed by atoms with Crippen molar-refractivity contribution in [3.63, 3.8) is 0 Å². The van der Waals surface area contributed by atoms with Gasteiger partial charge in [-0.2, -0.15) is 0 Å². The summed E-state index contributed by atoms with van der Waals surface area (Å²) < 4.78 is 15.8. The highest BCUT2D eigenvalue weighted by atomic mass is 16.7. The number of anilines is 1. The lowest BCUT2D eigenvalue weighted by Crippen LogP contribution is -2.20. The molecule has 0 fully saturated rings. The molecule has 0 aliphatic carbocycles. The summed E-state index contributed by atoms with van der Waals surface area (Å²) >= 11 is 0. The number of carbonyl (C=O) groups excluding carboxylic acids is 2. The maximum atomic E-state index is 11.9. The summed E-state index contributed by atoms with van der Waals surface area (Å²) in [6, 6.07) is 11.8. The Balaban J connectivity index is 1.60. The summed E-state index contributed by atoms with van der Waals surface area (Å²) in [7, 11) is 0. The van der Waals surface area contributed by atoms with Gasteiger partial charge in [0.2, 0.25) is 6.79 Å². The highest BCUT2D eigenvalue weighted by Gasteiger charge is 2.14. The monoisotopic (exact) mass is 299 g/mol. The molecule has 1 aliphatic heterocycles. The minimum absolute atomic E-state index is 0.179. The highest BCUT2D eigenvalue weighted by Crippen LogP contribution is 2.34. The van der Waals surface area contributed by atoms with Gasteiger partial charge in [-0.15, -0.1) is 0 Å². The fourth-order valence-corrected chi connectivity index (χ4v) is 2.02. The second kappa shape index (κ2) is 6.17. The van der Waals surface area contributed by atoms with Gasteiger partial charge < -0.3 is 19.5 Å². The van der Waals surface area contributed by atoms with E-state index in [9.17, 15) is 9.59 Å². The van der Waals surface area contributed by atoms with Crippen LogP contribution in [0.5, 0.6) is 17.2 Å². The van der Waals surface area contributed by atoms with Gasteiger partial charge in [-0.05, 0) is 24.3 Å². The van der Waals surface area contributed by atoms with Gasteiger partial charge >= 0.3 is 0 Å². The van der Waals surface area contributed by atoms with Crippen LogP contribution in [-0.2, 0) is 4.79 Å². The lowest BCUT2D eigenvalue weighted by atomic mass is 10.2. The van der Waals surface area contributed by atoms with Crippen molar-refractivity contribution < 1.29 is 23.8 Å². The standard InChI is InChI=1S/C16H13NO5/c18-8-11-3-1-2-4-13(11)20-9-16(19)17-12-5-6-14-15(7-12)22-10-21-14/h1-8H,9-10H2,(H,17,19). The Labute approximate surface area is 126 Å². The molecule has 0 atom stereocenters. The molecule has 1 amide bonds. The summed E-state index contributed by atoms with van der Waals surface area (Å²) in [5, 5.41) is 2.69. The van der Waals surface area contributed by atoms with Gasteiger partial charge in [0.25, 0.3) is 5.91 Å². The van der Waals surface area contributed by atoms with E-state index in [2.05, 4.69) is 5.32 Å². The van der Waals surface area contributed by atoms with E-state index in [1.54, 1.807) is 42.5 Å². The van der Waals surface area contributed by atoms with Crippen LogP contribution >= 0.6 is 0 Å². The number of aldehydes is 1. The van der Waals surface area contributed by atoms with E-state index in [1.807, 2.05) is 0 Å². The number of nitrogens with one attached hydrogen (secondary N) is 1. The summed E-state index contributed by atoms with van der Waals surface area (Å²) in [5.41, 5.74) is 0.986. The zero-order valence-electron chi connectivity index (χ0n) is 11.6. The van der Waals surface area contributed by atoms with Crippen molar-refractivity contribution in [3.8, 4) is 17.2 Å². The van der Waals surface area contributed by atoms with E-state index >= 15 is 0 Å². The van der Waals surface area contributed by atoms with Crippen LogP contribution in [0, 0.1) is 0 Å². The lowest BCUT2D eigenvalue weighted by molar-refractivity contribution is -0.118. The molecule has 1 heterocycles. The molecule has 112 valence electrons. The molecule has 1 aliphatic rings. The number of hydrogen-bond acceptors (Lipinski definition) is 5. The molecule has 2 aromatic carbocycles. The quantitative estimate of drug-likeness (QED) is 0.857. The number of ether oxygens (including phenoxy) is 3. The smallest absolute Gasteiger partial charge is 0.262 e. The van der Waals surface area contributed by atoms with Crippen LogP contribution in [0.25, 0.3) is 0 Å². The fraction of sp³-hybridized carbons (Fsp3) is 0.125. The topological polar surface area (TPSA) is 73.9 Å². The van der Waals surface area contributed by atoms with E-state index in [-0.39, 0.29) is 19.3 Å². The minimum atomic E-state index is -0.334. The number of amides is 1. The van der Waals surface area contributed by atoms with Gasteiger partial charge in [-0.1, -0.05) is 12.1 Å². The van der Waals surface area contributed by atoms with Crippen molar-refractivity contribution in [1.29, 1.82) is 0 Å². The maximum absolute atomic E-state index is 11.9. The molecule has 2 aromatic rings. The first-order valence-corrected chi connectivity index (χ1v) is 6.63. The van der Waals surface area contributed by atoms with Gasteiger partial charge in [0.05, 0.1) is 5.56 Å². The third-order valence-electron chi connectivity index (χ3n) is 3.06. The van der Waals surface area contributed by atoms with Gasteiger partial charge in [0, 0.05) is 11.8 Å². The van der Waals surface area contributed by atoms with Gasteiger partial charge in [-0.25, -0.2) is 0 Å². The molecule has 0 bridgehead atoms. The minimum Gasteiger partial charge on any atom is -0.483 e. The molecule has 0 radical (unpaired) electrons. The summed E-state index contributed by atoms with van der Waals surface area (Å²) in [5.74, 6) is 1.28. The number of rotatable bonds is 5. The lowest BCUT2D eigenvalue weighted by Gasteiger charge is -2.09. The third kappa shape index (κ3) is 3.01. The largest absolute Gasteiger partial charge is 0.483 e. The van der Waals surface area contributed by atoms with Crippen molar-refractivity contribution in [1.82, 2.24) is 0 Å². The first-order valence-electron chi connectivity index (χ1n) is 6.63. The molecule has 1 N–H and O–H groups in total. The number of carbonyl (C=O) groups is 2. The van der Waals surface area contributed by atoms with Crippen LogP contribution in [0.4, 0.5) is 5.69 Å². The Morgan fingerprint density at radius 1 is 1.18 bits per heavy atom. The number of hydrogen-bond donors (Lipinski definition) is 1. The van der Waals surface area contributed by atoms with E-state index in [0.717, 1.165) is 0 Å². The van der Waals surface area contributed by atoms with Crippen molar-refractivity contribution in [2.45, 2.75) is 0 Å². The van der Waals surface area contributed by atoms with Gasteiger partial charge in [0.1, 0.15) is 5.75 Å². The molecule has 0 saturated heterocycles. The third-order valence-corrected chi connectivity index (χ3v) is 3.06. The predicted molar refractivity (Wildman–Crippen MR) is 78.5 cm³/mol. The van der Waals surface area contributed by atoms with E-state index < -0.39 is 0 Å². The molecule has 22 heavy (non-hydrogen) atoms.